The van der Waals surface area contributed by atoms with Gasteiger partial charge in [0, 0.05) is 17.5 Å². The third-order valence-electron chi connectivity index (χ3n) is 3.48. The van der Waals surface area contributed by atoms with Gasteiger partial charge in [0.25, 0.3) is 5.91 Å². The van der Waals surface area contributed by atoms with E-state index in [4.69, 9.17) is 20.9 Å². The van der Waals surface area contributed by atoms with Crippen LogP contribution in [0.3, 0.4) is 0 Å². The molecule has 1 aromatic heterocycles. The van der Waals surface area contributed by atoms with Crippen molar-refractivity contribution in [3.63, 3.8) is 0 Å². The van der Waals surface area contributed by atoms with Crippen molar-refractivity contribution in [3.8, 4) is 0 Å². The summed E-state index contributed by atoms with van der Waals surface area (Å²) >= 11 is 5.95. The fraction of sp³-hybridized carbons (Fsp3) is 0.267. The van der Waals surface area contributed by atoms with Crippen LogP contribution in [0.1, 0.15) is 28.6 Å². The number of hydrogen-bond donors (Lipinski definition) is 1. The third-order valence-corrected chi connectivity index (χ3v) is 3.72. The Morgan fingerprint density at radius 1 is 1.41 bits per heavy atom. The quantitative estimate of drug-likeness (QED) is 0.860. The molecule has 1 N–H and O–H groups in total. The van der Waals surface area contributed by atoms with E-state index in [-0.39, 0.29) is 12.2 Å². The number of ether oxygens (including phenoxy) is 1. The van der Waals surface area contributed by atoms with E-state index < -0.39 is 17.5 Å². The summed E-state index contributed by atoms with van der Waals surface area (Å²) in [6.07, 6.45) is 0.233. The van der Waals surface area contributed by atoms with E-state index in [2.05, 4.69) is 10.5 Å². The highest BCUT2D eigenvalue weighted by atomic mass is 35.5. The Balaban J connectivity index is 1.87. The fourth-order valence-electron chi connectivity index (χ4n) is 2.37. The number of anilines is 1. The Bertz CT molecular complexity index is 771. The number of aromatic nitrogens is 1. The highest BCUT2D eigenvalue weighted by molar-refractivity contribution is 6.30. The van der Waals surface area contributed by atoms with Crippen molar-refractivity contribution in [3.05, 3.63) is 46.2 Å². The molecule has 1 atom stereocenters. The zero-order valence-corrected chi connectivity index (χ0v) is 12.7. The van der Waals surface area contributed by atoms with Crippen LogP contribution in [0.25, 0.3) is 0 Å². The topological polar surface area (TPSA) is 81.4 Å². The van der Waals surface area contributed by atoms with E-state index in [0.717, 1.165) is 0 Å². The maximum atomic E-state index is 12.4. The molecule has 2 heterocycles. The van der Waals surface area contributed by atoms with Crippen LogP contribution >= 0.6 is 11.6 Å². The van der Waals surface area contributed by atoms with Crippen molar-refractivity contribution in [2.24, 2.45) is 0 Å². The second kappa shape index (κ2) is 5.14. The van der Waals surface area contributed by atoms with Crippen molar-refractivity contribution in [1.82, 2.24) is 5.16 Å². The Morgan fingerprint density at radius 2 is 2.18 bits per heavy atom. The van der Waals surface area contributed by atoms with Gasteiger partial charge in [0.05, 0.1) is 5.56 Å². The number of cyclic esters (lactones) is 1. The van der Waals surface area contributed by atoms with Gasteiger partial charge in [-0.05, 0) is 37.6 Å². The second-order valence-corrected chi connectivity index (χ2v) is 5.81. The normalized spacial score (nSPS) is 20.2. The second-order valence-electron chi connectivity index (χ2n) is 5.38. The summed E-state index contributed by atoms with van der Waals surface area (Å²) in [5, 5.41) is 6.78. The Labute approximate surface area is 131 Å². The first-order chi connectivity index (χ1) is 10.4. The molecule has 1 aliphatic heterocycles. The molecule has 0 aliphatic carbocycles. The van der Waals surface area contributed by atoms with Gasteiger partial charge in [0.15, 0.2) is 11.4 Å². The molecule has 0 unspecified atom stereocenters. The van der Waals surface area contributed by atoms with Crippen molar-refractivity contribution in [2.75, 3.05) is 5.32 Å². The number of fused-ring (bicyclic) bond motifs is 1. The van der Waals surface area contributed by atoms with Gasteiger partial charge in [-0.1, -0.05) is 16.8 Å². The average Bonchev–Trinajstić information content (AvgIpc) is 2.83. The molecule has 0 bridgehead atoms. The van der Waals surface area contributed by atoms with Gasteiger partial charge in [-0.2, -0.15) is 0 Å². The molecule has 114 valence electrons. The number of nitrogens with one attached hydrogen (secondary N) is 1. The SMILES string of the molecule is Cc1cc(NC(=O)[C@@]2(C)Cc3cc(Cl)ccc3C(=O)O2)no1. The lowest BCUT2D eigenvalue weighted by atomic mass is 9.89. The first-order valence-corrected chi connectivity index (χ1v) is 7.02. The molecule has 2 aromatic rings. The molecule has 0 saturated heterocycles. The van der Waals surface area contributed by atoms with Crippen molar-refractivity contribution >= 4 is 29.3 Å². The van der Waals surface area contributed by atoms with Crippen LogP contribution in [-0.2, 0) is 16.0 Å². The highest BCUT2D eigenvalue weighted by Gasteiger charge is 2.43. The van der Waals surface area contributed by atoms with Crippen molar-refractivity contribution in [2.45, 2.75) is 25.9 Å². The lowest BCUT2D eigenvalue weighted by Crippen LogP contribution is -2.49. The van der Waals surface area contributed by atoms with Crippen LogP contribution in [0, 0.1) is 6.92 Å². The van der Waals surface area contributed by atoms with Crippen LogP contribution in [0.15, 0.2) is 28.8 Å². The predicted molar refractivity (Wildman–Crippen MR) is 78.8 cm³/mol. The lowest BCUT2D eigenvalue weighted by molar-refractivity contribution is -0.134. The first-order valence-electron chi connectivity index (χ1n) is 6.64. The number of rotatable bonds is 2. The largest absolute Gasteiger partial charge is 0.445 e. The molecule has 1 amide bonds. The van der Waals surface area contributed by atoms with E-state index in [1.165, 1.54) is 0 Å². The molecule has 3 rings (SSSR count). The Kier molecular flexibility index (Phi) is 3.41. The minimum atomic E-state index is -1.33. The monoisotopic (exact) mass is 320 g/mol. The first kappa shape index (κ1) is 14.6. The number of halogens is 1. The molecule has 0 saturated carbocycles. The van der Waals surface area contributed by atoms with Gasteiger partial charge in [-0.3, -0.25) is 4.79 Å². The number of aryl methyl sites for hydroxylation is 1. The van der Waals surface area contributed by atoms with E-state index in [1.807, 2.05) is 0 Å². The number of esters is 1. The van der Waals surface area contributed by atoms with Crippen LogP contribution in [0.5, 0.6) is 0 Å². The van der Waals surface area contributed by atoms with Crippen molar-refractivity contribution in [1.29, 1.82) is 0 Å². The maximum Gasteiger partial charge on any atom is 0.339 e. The third kappa shape index (κ3) is 2.57. The molecule has 0 fully saturated rings. The van der Waals surface area contributed by atoms with Crippen LogP contribution in [0.4, 0.5) is 5.82 Å². The van der Waals surface area contributed by atoms with Crippen LogP contribution in [0.2, 0.25) is 5.02 Å². The summed E-state index contributed by atoms with van der Waals surface area (Å²) in [5.74, 6) is -0.179. The number of hydrogen-bond acceptors (Lipinski definition) is 5. The number of amides is 1. The van der Waals surface area contributed by atoms with E-state index in [9.17, 15) is 9.59 Å². The predicted octanol–water partition coefficient (Wildman–Crippen LogP) is 2.75. The minimum absolute atomic E-state index is 0.233. The molecule has 7 heteroatoms. The van der Waals surface area contributed by atoms with Gasteiger partial charge in [0.1, 0.15) is 5.76 Å². The number of benzene rings is 1. The maximum absolute atomic E-state index is 12.4. The summed E-state index contributed by atoms with van der Waals surface area (Å²) in [6.45, 7) is 3.26. The standard InChI is InChI=1S/C15H13ClN2O4/c1-8-5-12(18-22-8)17-14(20)15(2)7-9-6-10(16)3-4-11(9)13(19)21-15/h3-6H,7H2,1-2H3,(H,17,18,20)/t15-/m1/s1. The van der Waals surface area contributed by atoms with E-state index in [1.54, 1.807) is 38.1 Å². The highest BCUT2D eigenvalue weighted by Crippen LogP contribution is 2.31. The minimum Gasteiger partial charge on any atom is -0.445 e. The molecule has 22 heavy (non-hydrogen) atoms. The molecule has 6 nitrogen and oxygen atoms in total. The number of carbonyl (C=O) groups is 2. The summed E-state index contributed by atoms with van der Waals surface area (Å²) < 4.78 is 10.2. The molecule has 0 radical (unpaired) electrons. The number of carbonyl (C=O) groups excluding carboxylic acids is 2. The van der Waals surface area contributed by atoms with Gasteiger partial charge in [0.2, 0.25) is 0 Å². The van der Waals surface area contributed by atoms with Gasteiger partial charge in [-0.25, -0.2) is 4.79 Å². The smallest absolute Gasteiger partial charge is 0.339 e. The lowest BCUT2D eigenvalue weighted by Gasteiger charge is -2.32. The van der Waals surface area contributed by atoms with Crippen molar-refractivity contribution < 1.29 is 18.8 Å². The summed E-state index contributed by atoms with van der Waals surface area (Å²) in [7, 11) is 0. The van der Waals surface area contributed by atoms with E-state index in [0.29, 0.717) is 21.9 Å². The summed E-state index contributed by atoms with van der Waals surface area (Å²) in [4.78, 5) is 24.5. The van der Waals surface area contributed by atoms with Gasteiger partial charge in [-0.15, -0.1) is 0 Å². The Morgan fingerprint density at radius 3 is 2.86 bits per heavy atom. The van der Waals surface area contributed by atoms with Crippen LogP contribution < -0.4 is 5.32 Å². The van der Waals surface area contributed by atoms with Gasteiger partial charge < -0.3 is 14.6 Å². The van der Waals surface area contributed by atoms with E-state index >= 15 is 0 Å². The molecule has 1 aliphatic rings. The molecular formula is C15H13ClN2O4. The molecular weight excluding hydrogens is 308 g/mol. The van der Waals surface area contributed by atoms with Crippen LogP contribution in [-0.4, -0.2) is 22.6 Å². The zero-order chi connectivity index (χ0) is 15.9. The zero-order valence-electron chi connectivity index (χ0n) is 12.0. The number of nitrogens with zero attached hydrogens (tertiary/aromatic N) is 1. The molecule has 0 spiro atoms. The molecule has 1 aromatic carbocycles. The Hall–Kier alpha value is -2.34. The van der Waals surface area contributed by atoms with Gasteiger partial charge >= 0.3 is 5.97 Å². The average molecular weight is 321 g/mol. The fourth-order valence-corrected chi connectivity index (χ4v) is 2.56. The summed E-state index contributed by atoms with van der Waals surface area (Å²) in [6, 6.07) is 6.46. The summed E-state index contributed by atoms with van der Waals surface area (Å²) in [5.41, 5.74) is -0.230.